The Labute approximate surface area is 215 Å². The molecule has 0 bridgehead atoms. The molecule has 4 rings (SSSR count). The van der Waals surface area contributed by atoms with E-state index in [4.69, 9.17) is 9.47 Å². The van der Waals surface area contributed by atoms with E-state index >= 15 is 0 Å². The minimum atomic E-state index is -0.634. The van der Waals surface area contributed by atoms with Gasteiger partial charge in [-0.1, -0.05) is 48.5 Å². The van der Waals surface area contributed by atoms with Gasteiger partial charge >= 0.3 is 0 Å². The van der Waals surface area contributed by atoms with Crippen molar-refractivity contribution in [2.24, 2.45) is 0 Å². The highest BCUT2D eigenvalue weighted by molar-refractivity contribution is 5.46. The Kier molecular flexibility index (Phi) is 9.61. The summed E-state index contributed by atoms with van der Waals surface area (Å²) in [5.74, 6) is 1.64. The first-order valence-corrected chi connectivity index (χ1v) is 13.0. The van der Waals surface area contributed by atoms with Gasteiger partial charge in [0.15, 0.2) is 6.23 Å². The summed E-state index contributed by atoms with van der Waals surface area (Å²) in [6.45, 7) is 9.69. The first-order chi connectivity index (χ1) is 17.6. The largest absolute Gasteiger partial charge is 0.492 e. The molecule has 36 heavy (non-hydrogen) atoms. The quantitative estimate of drug-likeness (QED) is 0.372. The van der Waals surface area contributed by atoms with Gasteiger partial charge < -0.3 is 19.5 Å². The summed E-state index contributed by atoms with van der Waals surface area (Å²) in [6, 6.07) is 28.7. The normalized spacial score (nSPS) is 16.8. The van der Waals surface area contributed by atoms with Gasteiger partial charge in [0.1, 0.15) is 24.2 Å². The maximum atomic E-state index is 10.2. The number of nitrogens with one attached hydrogen (secondary N) is 1. The van der Waals surface area contributed by atoms with Gasteiger partial charge in [0, 0.05) is 44.5 Å². The molecule has 2 N–H and O–H groups in total. The maximum Gasteiger partial charge on any atom is 0.176 e. The number of piperazine rings is 1. The maximum absolute atomic E-state index is 10.2. The predicted octanol–water partition coefficient (Wildman–Crippen LogP) is 4.19. The summed E-state index contributed by atoms with van der Waals surface area (Å²) in [5.41, 5.74) is 2.52. The van der Waals surface area contributed by atoms with E-state index < -0.39 is 12.3 Å². The predicted molar refractivity (Wildman–Crippen MR) is 146 cm³/mol. The zero-order chi connectivity index (χ0) is 25.2. The lowest BCUT2D eigenvalue weighted by atomic mass is 10.1. The van der Waals surface area contributed by atoms with Crippen LogP contribution in [0, 0.1) is 0 Å². The number of rotatable bonds is 12. The first-order valence-electron chi connectivity index (χ1n) is 13.0. The minimum absolute atomic E-state index is 0.134. The molecule has 0 aromatic heterocycles. The molecule has 1 saturated heterocycles. The highest BCUT2D eigenvalue weighted by atomic mass is 16.5. The first kappa shape index (κ1) is 26.0. The summed E-state index contributed by atoms with van der Waals surface area (Å²) in [5, 5.41) is 13.6. The molecule has 2 unspecified atom stereocenters. The third-order valence-corrected chi connectivity index (χ3v) is 6.53. The second kappa shape index (κ2) is 13.3. The lowest BCUT2D eigenvalue weighted by molar-refractivity contribution is 0.0205. The average molecular weight is 490 g/mol. The van der Waals surface area contributed by atoms with E-state index in [1.165, 1.54) is 11.3 Å². The second-order valence-corrected chi connectivity index (χ2v) is 9.52. The van der Waals surface area contributed by atoms with Crippen molar-refractivity contribution in [3.8, 4) is 11.5 Å². The average Bonchev–Trinajstić information content (AvgIpc) is 2.91. The fraction of sp³-hybridized carbons (Fsp3) is 0.400. The van der Waals surface area contributed by atoms with E-state index in [1.807, 2.05) is 42.5 Å². The minimum Gasteiger partial charge on any atom is -0.492 e. The van der Waals surface area contributed by atoms with Crippen molar-refractivity contribution in [3.63, 3.8) is 0 Å². The van der Waals surface area contributed by atoms with Crippen molar-refractivity contribution < 1.29 is 14.6 Å². The van der Waals surface area contributed by atoms with E-state index in [-0.39, 0.29) is 6.04 Å². The molecule has 6 nitrogen and oxygen atoms in total. The highest BCUT2D eigenvalue weighted by Gasteiger charge is 2.20. The number of aliphatic hydroxyl groups is 1. The SMILES string of the molecule is CC(O)C(N[C@H](C)Cc1ccc(OCCN2CCN(c3ccccc3)CC2)cc1)Oc1ccccc1. The standard InChI is InChI=1S/C30H39N3O3/c1-24(31-30(25(2)34)36-29-11-7-4-8-12-29)23-26-13-15-28(16-14-26)35-22-21-32-17-19-33(20-18-32)27-9-5-3-6-10-27/h3-16,24-25,30-31,34H,17-23H2,1-2H3/t24-,25?,30?/m1/s1. The summed E-state index contributed by atoms with van der Waals surface area (Å²) in [6.07, 6.45) is -0.280. The second-order valence-electron chi connectivity index (χ2n) is 9.52. The molecular formula is C30H39N3O3. The zero-order valence-electron chi connectivity index (χ0n) is 21.4. The number of hydrogen-bond donors (Lipinski definition) is 2. The van der Waals surface area contributed by atoms with Gasteiger partial charge in [0.05, 0.1) is 0 Å². The zero-order valence-corrected chi connectivity index (χ0v) is 21.4. The van der Waals surface area contributed by atoms with Crippen LogP contribution in [0.25, 0.3) is 0 Å². The fourth-order valence-corrected chi connectivity index (χ4v) is 4.49. The van der Waals surface area contributed by atoms with Gasteiger partial charge in [-0.2, -0.15) is 0 Å². The Hall–Kier alpha value is -3.06. The molecule has 6 heteroatoms. The third-order valence-electron chi connectivity index (χ3n) is 6.53. The van der Waals surface area contributed by atoms with Crippen LogP contribution in [0.2, 0.25) is 0 Å². The van der Waals surface area contributed by atoms with Crippen molar-refractivity contribution >= 4 is 5.69 Å². The van der Waals surface area contributed by atoms with E-state index in [9.17, 15) is 5.11 Å². The van der Waals surface area contributed by atoms with Gasteiger partial charge in [0.2, 0.25) is 0 Å². The van der Waals surface area contributed by atoms with Crippen LogP contribution in [0.15, 0.2) is 84.9 Å². The molecule has 3 aromatic carbocycles. The van der Waals surface area contributed by atoms with Crippen LogP contribution in [-0.2, 0) is 6.42 Å². The molecule has 1 aliphatic heterocycles. The van der Waals surface area contributed by atoms with Gasteiger partial charge in [0.25, 0.3) is 0 Å². The van der Waals surface area contributed by atoms with E-state index in [1.54, 1.807) is 6.92 Å². The number of aliphatic hydroxyl groups excluding tert-OH is 1. The highest BCUT2D eigenvalue weighted by Crippen LogP contribution is 2.17. The number of benzene rings is 3. The summed E-state index contributed by atoms with van der Waals surface area (Å²) < 4.78 is 12.0. The molecular weight excluding hydrogens is 450 g/mol. The molecule has 1 aliphatic rings. The fourth-order valence-electron chi connectivity index (χ4n) is 4.49. The van der Waals surface area contributed by atoms with Crippen LogP contribution in [0.3, 0.4) is 0 Å². The van der Waals surface area contributed by atoms with Crippen molar-refractivity contribution in [2.45, 2.75) is 38.6 Å². The number of hydrogen-bond acceptors (Lipinski definition) is 6. The Morgan fingerprint density at radius 2 is 1.44 bits per heavy atom. The Balaban J connectivity index is 1.16. The number of nitrogens with zero attached hydrogens (tertiary/aromatic N) is 2. The topological polar surface area (TPSA) is 57.2 Å². The molecule has 192 valence electrons. The van der Waals surface area contributed by atoms with Gasteiger partial charge in [-0.15, -0.1) is 0 Å². The lowest BCUT2D eigenvalue weighted by Gasteiger charge is -2.36. The van der Waals surface area contributed by atoms with E-state index in [2.05, 4.69) is 64.5 Å². The summed E-state index contributed by atoms with van der Waals surface area (Å²) in [4.78, 5) is 4.92. The molecule has 3 atom stereocenters. The van der Waals surface area contributed by atoms with Crippen LogP contribution >= 0.6 is 0 Å². The van der Waals surface area contributed by atoms with Crippen LogP contribution in [0.4, 0.5) is 5.69 Å². The molecule has 1 fully saturated rings. The van der Waals surface area contributed by atoms with Crippen LogP contribution in [-0.4, -0.2) is 67.7 Å². The molecule has 0 amide bonds. The molecule has 0 spiro atoms. The number of anilines is 1. The van der Waals surface area contributed by atoms with E-state index in [0.29, 0.717) is 6.61 Å². The smallest absolute Gasteiger partial charge is 0.176 e. The third kappa shape index (κ3) is 7.98. The van der Waals surface area contributed by atoms with Crippen molar-refractivity contribution in [1.29, 1.82) is 0 Å². The van der Waals surface area contributed by atoms with Gasteiger partial charge in [-0.05, 0) is 62.2 Å². The molecule has 0 aliphatic carbocycles. The molecule has 0 saturated carbocycles. The van der Waals surface area contributed by atoms with Crippen molar-refractivity contribution in [1.82, 2.24) is 10.2 Å². The van der Waals surface area contributed by atoms with Gasteiger partial charge in [-0.3, -0.25) is 10.2 Å². The summed E-state index contributed by atoms with van der Waals surface area (Å²) >= 11 is 0. The van der Waals surface area contributed by atoms with Crippen molar-refractivity contribution in [3.05, 3.63) is 90.5 Å². The molecule has 3 aromatic rings. The number of para-hydroxylation sites is 2. The van der Waals surface area contributed by atoms with Crippen LogP contribution in [0.5, 0.6) is 11.5 Å². The Morgan fingerprint density at radius 1 is 0.806 bits per heavy atom. The van der Waals surface area contributed by atoms with Gasteiger partial charge in [-0.25, -0.2) is 0 Å². The lowest BCUT2D eigenvalue weighted by Crippen LogP contribution is -2.47. The summed E-state index contributed by atoms with van der Waals surface area (Å²) in [7, 11) is 0. The van der Waals surface area contributed by atoms with Crippen LogP contribution < -0.4 is 19.7 Å². The van der Waals surface area contributed by atoms with Crippen LogP contribution in [0.1, 0.15) is 19.4 Å². The Morgan fingerprint density at radius 3 is 2.08 bits per heavy atom. The molecule has 0 radical (unpaired) electrons. The molecule has 1 heterocycles. The van der Waals surface area contributed by atoms with Crippen molar-refractivity contribution in [2.75, 3.05) is 44.2 Å². The monoisotopic (exact) mass is 489 g/mol. The van der Waals surface area contributed by atoms with E-state index in [0.717, 1.165) is 50.6 Å². The Bertz CT molecular complexity index is 1010. The number of ether oxygens (including phenoxy) is 2.